The molecule has 0 amide bonds. The Kier molecular flexibility index (Phi) is 6.22. The van der Waals surface area contributed by atoms with Crippen LogP contribution in [0.3, 0.4) is 0 Å². The van der Waals surface area contributed by atoms with Crippen LogP contribution in [0.15, 0.2) is 11.6 Å². The predicted molar refractivity (Wildman–Crippen MR) is 104 cm³/mol. The van der Waals surface area contributed by atoms with E-state index in [1.807, 2.05) is 0 Å². The highest BCUT2D eigenvalue weighted by Gasteiger charge is 2.46. The predicted octanol–water partition coefficient (Wildman–Crippen LogP) is 6.81. The molecule has 2 rings (SSSR count). The summed E-state index contributed by atoms with van der Waals surface area (Å²) in [5.41, 5.74) is 1.76. The average Bonchev–Trinajstić information content (AvgIpc) is 2.92. The van der Waals surface area contributed by atoms with Crippen LogP contribution in [-0.2, 0) is 4.43 Å². The van der Waals surface area contributed by atoms with Gasteiger partial charge in [-0.2, -0.15) is 0 Å². The zero-order chi connectivity index (χ0) is 17.3. The minimum absolute atomic E-state index is 0.329. The Labute approximate surface area is 146 Å². The molecule has 0 aromatic rings. The fraction of sp³-hybridized carbons (Fsp3) is 0.905. The van der Waals surface area contributed by atoms with Crippen LogP contribution in [0.5, 0.6) is 0 Å². The fourth-order valence-electron chi connectivity index (χ4n) is 4.36. The van der Waals surface area contributed by atoms with Gasteiger partial charge in [0, 0.05) is 6.61 Å². The summed E-state index contributed by atoms with van der Waals surface area (Å²) in [6, 6.07) is 0. The monoisotopic (exact) mass is 336 g/mol. The standard InChI is InChI=1S/C21H40OSi/c1-8-9-10-11-17-13-18-12-16(2)20(19(18)14-17)15-22-23(6,7)21(3,4)5/h11,16,18-20H,8-10,12-15H2,1-7H3/b17-11-/t16-,18-,19+,20+/m1/s1. The van der Waals surface area contributed by atoms with Gasteiger partial charge in [-0.25, -0.2) is 0 Å². The van der Waals surface area contributed by atoms with Crippen LogP contribution < -0.4 is 0 Å². The van der Waals surface area contributed by atoms with Gasteiger partial charge in [0.1, 0.15) is 0 Å². The van der Waals surface area contributed by atoms with Crippen molar-refractivity contribution in [2.45, 2.75) is 91.3 Å². The number of rotatable bonds is 6. The minimum Gasteiger partial charge on any atom is -0.417 e. The zero-order valence-corrected chi connectivity index (χ0v) is 17.7. The summed E-state index contributed by atoms with van der Waals surface area (Å²) in [4.78, 5) is 0. The second-order valence-electron chi connectivity index (χ2n) is 9.78. The molecule has 2 aliphatic carbocycles. The van der Waals surface area contributed by atoms with E-state index < -0.39 is 8.32 Å². The molecule has 4 atom stereocenters. The van der Waals surface area contributed by atoms with E-state index in [4.69, 9.17) is 4.43 Å². The molecule has 0 aliphatic heterocycles. The van der Waals surface area contributed by atoms with Gasteiger partial charge < -0.3 is 4.43 Å². The van der Waals surface area contributed by atoms with Crippen LogP contribution in [0.1, 0.15) is 73.1 Å². The SMILES string of the molecule is CCCC/C=C1/C[C@H]2C[C@@H](C)[C@H](CO[Si](C)(C)C(C)(C)C)[C@H]2C1. The zero-order valence-electron chi connectivity index (χ0n) is 16.7. The summed E-state index contributed by atoms with van der Waals surface area (Å²) in [5, 5.41) is 0.329. The Morgan fingerprint density at radius 2 is 1.91 bits per heavy atom. The molecule has 2 fully saturated rings. The van der Waals surface area contributed by atoms with Crippen LogP contribution >= 0.6 is 0 Å². The van der Waals surface area contributed by atoms with Gasteiger partial charge >= 0.3 is 0 Å². The molecule has 0 bridgehead atoms. The molecule has 0 heterocycles. The van der Waals surface area contributed by atoms with Gasteiger partial charge in [-0.3, -0.25) is 0 Å². The van der Waals surface area contributed by atoms with E-state index in [2.05, 4.69) is 53.8 Å². The molecule has 0 aromatic carbocycles. The first kappa shape index (κ1) is 19.2. The molecule has 0 saturated heterocycles. The van der Waals surface area contributed by atoms with Gasteiger partial charge in [0.05, 0.1) is 0 Å². The number of unbranched alkanes of at least 4 members (excludes halogenated alkanes) is 2. The van der Waals surface area contributed by atoms with Gasteiger partial charge in [0.2, 0.25) is 0 Å². The summed E-state index contributed by atoms with van der Waals surface area (Å²) in [6.07, 6.45) is 10.7. The maximum absolute atomic E-state index is 6.61. The Balaban J connectivity index is 1.94. The number of allylic oxidation sites excluding steroid dienone is 2. The molecular weight excluding hydrogens is 296 g/mol. The van der Waals surface area contributed by atoms with Crippen LogP contribution in [0.4, 0.5) is 0 Å². The molecule has 134 valence electrons. The third kappa shape index (κ3) is 4.51. The van der Waals surface area contributed by atoms with Crippen molar-refractivity contribution in [3.8, 4) is 0 Å². The summed E-state index contributed by atoms with van der Waals surface area (Å²) < 4.78 is 6.61. The Morgan fingerprint density at radius 3 is 2.52 bits per heavy atom. The van der Waals surface area contributed by atoms with E-state index in [0.717, 1.165) is 30.3 Å². The maximum atomic E-state index is 6.61. The lowest BCUT2D eigenvalue weighted by Gasteiger charge is -2.38. The highest BCUT2D eigenvalue weighted by atomic mass is 28.4. The van der Waals surface area contributed by atoms with Crippen molar-refractivity contribution in [3.63, 3.8) is 0 Å². The normalized spacial score (nSPS) is 33.4. The summed E-state index contributed by atoms with van der Waals surface area (Å²) in [7, 11) is -1.60. The van der Waals surface area contributed by atoms with Crippen LogP contribution in [0, 0.1) is 23.7 Å². The van der Waals surface area contributed by atoms with E-state index in [0.29, 0.717) is 5.04 Å². The van der Waals surface area contributed by atoms with Crippen LogP contribution in [0.2, 0.25) is 18.1 Å². The van der Waals surface area contributed by atoms with E-state index in [1.165, 1.54) is 38.5 Å². The molecule has 0 N–H and O–H groups in total. The molecular formula is C21H40OSi. The van der Waals surface area contributed by atoms with Crippen molar-refractivity contribution in [2.75, 3.05) is 6.61 Å². The van der Waals surface area contributed by atoms with Crippen molar-refractivity contribution in [1.29, 1.82) is 0 Å². The Bertz CT molecular complexity index is 418. The lowest BCUT2D eigenvalue weighted by atomic mass is 9.89. The van der Waals surface area contributed by atoms with Gasteiger partial charge in [0.25, 0.3) is 0 Å². The molecule has 1 nitrogen and oxygen atoms in total. The molecule has 0 unspecified atom stereocenters. The molecule has 2 saturated carbocycles. The van der Waals surface area contributed by atoms with Gasteiger partial charge in [0.15, 0.2) is 8.32 Å². The summed E-state index contributed by atoms with van der Waals surface area (Å²) >= 11 is 0. The van der Waals surface area contributed by atoms with Crippen molar-refractivity contribution in [2.24, 2.45) is 23.7 Å². The molecule has 0 aromatic heterocycles. The second kappa shape index (κ2) is 7.43. The van der Waals surface area contributed by atoms with Crippen LogP contribution in [0.25, 0.3) is 0 Å². The topological polar surface area (TPSA) is 9.23 Å². The molecule has 23 heavy (non-hydrogen) atoms. The lowest BCUT2D eigenvalue weighted by Crippen LogP contribution is -2.42. The van der Waals surface area contributed by atoms with E-state index in [-0.39, 0.29) is 0 Å². The highest BCUT2D eigenvalue weighted by molar-refractivity contribution is 6.74. The van der Waals surface area contributed by atoms with E-state index in [9.17, 15) is 0 Å². The molecule has 0 spiro atoms. The number of hydrogen-bond donors (Lipinski definition) is 0. The minimum atomic E-state index is -1.60. The molecule has 2 heteroatoms. The fourth-order valence-corrected chi connectivity index (χ4v) is 5.40. The molecule has 2 aliphatic rings. The first-order chi connectivity index (χ1) is 10.7. The quantitative estimate of drug-likeness (QED) is 0.294. The average molecular weight is 337 g/mol. The van der Waals surface area contributed by atoms with E-state index in [1.54, 1.807) is 5.57 Å². The number of fused-ring (bicyclic) bond motifs is 1. The summed E-state index contributed by atoms with van der Waals surface area (Å²) in [5.74, 6) is 3.51. The van der Waals surface area contributed by atoms with Crippen molar-refractivity contribution in [3.05, 3.63) is 11.6 Å². The van der Waals surface area contributed by atoms with Gasteiger partial charge in [-0.15, -0.1) is 0 Å². The van der Waals surface area contributed by atoms with Gasteiger partial charge in [-0.05, 0) is 67.5 Å². The first-order valence-corrected chi connectivity index (χ1v) is 12.9. The highest BCUT2D eigenvalue weighted by Crippen LogP contribution is 2.53. The first-order valence-electron chi connectivity index (χ1n) is 9.97. The second-order valence-corrected chi connectivity index (χ2v) is 14.6. The Hall–Kier alpha value is -0.0831. The summed E-state index contributed by atoms with van der Waals surface area (Å²) in [6.45, 7) is 17.6. The third-order valence-corrected chi connectivity index (χ3v) is 11.5. The van der Waals surface area contributed by atoms with Gasteiger partial charge in [-0.1, -0.05) is 59.1 Å². The van der Waals surface area contributed by atoms with Crippen molar-refractivity contribution in [1.82, 2.24) is 0 Å². The maximum Gasteiger partial charge on any atom is 0.191 e. The van der Waals surface area contributed by atoms with E-state index >= 15 is 0 Å². The largest absolute Gasteiger partial charge is 0.417 e. The van der Waals surface area contributed by atoms with Crippen molar-refractivity contribution >= 4 is 8.32 Å². The Morgan fingerprint density at radius 1 is 1.22 bits per heavy atom. The van der Waals surface area contributed by atoms with Crippen molar-refractivity contribution < 1.29 is 4.43 Å². The van der Waals surface area contributed by atoms with Crippen LogP contribution in [-0.4, -0.2) is 14.9 Å². The lowest BCUT2D eigenvalue weighted by molar-refractivity contribution is 0.168. The smallest absolute Gasteiger partial charge is 0.191 e. The number of hydrogen-bond acceptors (Lipinski definition) is 1. The molecule has 0 radical (unpaired) electrons. The third-order valence-electron chi connectivity index (χ3n) is 7.02.